The van der Waals surface area contributed by atoms with Gasteiger partial charge >= 0.3 is 0 Å². The maximum Gasteiger partial charge on any atom is 0.282 e. The number of carbonyl (C=O) groups is 3. The Morgan fingerprint density at radius 3 is 2.24 bits per heavy atom. The van der Waals surface area contributed by atoms with E-state index in [1.54, 1.807) is 41.3 Å². The number of hydrazine groups is 1. The smallest absolute Gasteiger partial charge is 0.272 e. The van der Waals surface area contributed by atoms with Crippen LogP contribution < -0.4 is 10.3 Å². The van der Waals surface area contributed by atoms with Crippen LogP contribution in [-0.4, -0.2) is 34.3 Å². The van der Waals surface area contributed by atoms with Crippen molar-refractivity contribution < 1.29 is 14.4 Å². The van der Waals surface area contributed by atoms with Crippen molar-refractivity contribution in [3.05, 3.63) is 142 Å². The first-order valence-electron chi connectivity index (χ1n) is 12.8. The molecule has 9 heteroatoms. The Morgan fingerprint density at radius 2 is 1.54 bits per heavy atom. The first-order chi connectivity index (χ1) is 20.0. The number of rotatable bonds is 6. The summed E-state index contributed by atoms with van der Waals surface area (Å²) in [7, 11) is 0. The van der Waals surface area contributed by atoms with Gasteiger partial charge < -0.3 is 0 Å². The molecule has 4 aromatic carbocycles. The Morgan fingerprint density at radius 1 is 0.878 bits per heavy atom. The third-order valence-electron chi connectivity index (χ3n) is 6.64. The van der Waals surface area contributed by atoms with E-state index >= 15 is 0 Å². The summed E-state index contributed by atoms with van der Waals surface area (Å²) in [6.07, 6.45) is 1.76. The maximum absolute atomic E-state index is 13.6. The number of hydrogen-bond donors (Lipinski definition) is 1. The van der Waals surface area contributed by atoms with Gasteiger partial charge in [0.25, 0.3) is 17.7 Å². The van der Waals surface area contributed by atoms with Crippen molar-refractivity contribution >= 4 is 58.7 Å². The van der Waals surface area contributed by atoms with Gasteiger partial charge in [0.15, 0.2) is 0 Å². The van der Waals surface area contributed by atoms with E-state index in [9.17, 15) is 14.4 Å². The summed E-state index contributed by atoms with van der Waals surface area (Å²) in [4.78, 5) is 45.6. The fraction of sp³-hybridized carbons (Fsp3) is 0.0625. The van der Waals surface area contributed by atoms with Crippen molar-refractivity contribution in [3.63, 3.8) is 0 Å². The highest BCUT2D eigenvalue weighted by Gasteiger charge is 2.36. The van der Waals surface area contributed by atoms with E-state index in [1.165, 1.54) is 16.8 Å². The van der Waals surface area contributed by atoms with Crippen molar-refractivity contribution in [1.82, 2.24) is 10.4 Å². The van der Waals surface area contributed by atoms with Crippen molar-refractivity contribution in [2.75, 3.05) is 10.7 Å². The maximum atomic E-state index is 13.6. The fourth-order valence-corrected chi connectivity index (χ4v) is 6.08. The Hall–Kier alpha value is -4.66. The number of carbonyl (C=O) groups excluding carboxylic acids is 3. The number of amidine groups is 1. The summed E-state index contributed by atoms with van der Waals surface area (Å²) in [5.41, 5.74) is 6.35. The van der Waals surface area contributed by atoms with Crippen LogP contribution in [0, 0.1) is 0 Å². The number of anilines is 1. The Balaban J connectivity index is 1.26. The highest BCUT2D eigenvalue weighted by atomic mass is 35.5. The molecule has 2 heterocycles. The van der Waals surface area contributed by atoms with Crippen LogP contribution in [-0.2, 0) is 9.59 Å². The molecular weight excluding hydrogens is 556 g/mol. The molecule has 6 rings (SSSR count). The molecule has 0 bridgehead atoms. The van der Waals surface area contributed by atoms with Crippen LogP contribution in [0.2, 0.25) is 5.02 Å². The number of benzene rings is 4. The van der Waals surface area contributed by atoms with E-state index in [0.29, 0.717) is 27.8 Å². The summed E-state index contributed by atoms with van der Waals surface area (Å²) >= 11 is 7.76. The predicted octanol–water partition coefficient (Wildman–Crippen LogP) is 6.09. The topological polar surface area (TPSA) is 82.1 Å². The summed E-state index contributed by atoms with van der Waals surface area (Å²) < 4.78 is 0. The molecule has 7 nitrogen and oxygen atoms in total. The van der Waals surface area contributed by atoms with Crippen LogP contribution in [0.5, 0.6) is 0 Å². The normalized spacial score (nSPS) is 17.7. The highest BCUT2D eigenvalue weighted by molar-refractivity contribution is 8.00. The number of nitrogens with zero attached hydrogens (tertiary/aromatic N) is 3. The number of thioether (sulfide) groups is 1. The van der Waals surface area contributed by atoms with Crippen LogP contribution in [0.3, 0.4) is 0 Å². The zero-order valence-electron chi connectivity index (χ0n) is 21.6. The van der Waals surface area contributed by atoms with Gasteiger partial charge in [-0.1, -0.05) is 90.5 Å². The average Bonchev–Trinajstić information content (AvgIpc) is 3.53. The minimum Gasteiger partial charge on any atom is -0.272 e. The van der Waals surface area contributed by atoms with Crippen LogP contribution in [0.25, 0.3) is 6.08 Å². The molecule has 2 aliphatic heterocycles. The Labute approximate surface area is 246 Å². The number of amides is 3. The molecule has 1 N–H and O–H groups in total. The number of hydrogen-bond acceptors (Lipinski definition) is 5. The lowest BCUT2D eigenvalue weighted by atomic mass is 10.1. The first-order valence-corrected chi connectivity index (χ1v) is 14.3. The zero-order valence-corrected chi connectivity index (χ0v) is 23.2. The lowest BCUT2D eigenvalue weighted by Crippen LogP contribution is -2.44. The van der Waals surface area contributed by atoms with Gasteiger partial charge in [0, 0.05) is 21.7 Å². The van der Waals surface area contributed by atoms with Crippen molar-refractivity contribution in [2.45, 2.75) is 5.37 Å². The molecule has 0 saturated carbocycles. The molecule has 0 radical (unpaired) electrons. The van der Waals surface area contributed by atoms with Gasteiger partial charge in [0.1, 0.15) is 16.9 Å². The molecule has 202 valence electrons. The Bertz CT molecular complexity index is 1690. The van der Waals surface area contributed by atoms with Crippen molar-refractivity contribution in [2.24, 2.45) is 4.99 Å². The lowest BCUT2D eigenvalue weighted by Gasteiger charge is -2.25. The standard InChI is InChI=1S/C32H23ClN4O3S/c33-26-14-8-7-13-25(26)32-37(28(38)20-41-32)35-30(39)23-15-17-24(18-16-23)36-29(22-11-5-2-6-12-22)34-27(31(36)40)19-21-9-3-1-4-10-21/h1-19,32H,20H2,(H,35,39)/b27-19-. The minimum absolute atomic E-state index is 0.214. The molecule has 2 aliphatic rings. The van der Waals surface area contributed by atoms with Crippen LogP contribution in [0.15, 0.2) is 120 Å². The molecule has 0 aliphatic carbocycles. The van der Waals surface area contributed by atoms with E-state index in [-0.39, 0.29) is 17.6 Å². The molecule has 0 spiro atoms. The number of aliphatic imine (C=N–C) groups is 1. The lowest BCUT2D eigenvalue weighted by molar-refractivity contribution is -0.130. The summed E-state index contributed by atoms with van der Waals surface area (Å²) in [5, 5.41) is 1.42. The molecule has 1 saturated heterocycles. The van der Waals surface area contributed by atoms with E-state index in [2.05, 4.69) is 10.4 Å². The van der Waals surface area contributed by atoms with Gasteiger partial charge in [-0.3, -0.25) is 24.7 Å². The van der Waals surface area contributed by atoms with Crippen LogP contribution >= 0.6 is 23.4 Å². The second-order valence-corrected chi connectivity index (χ2v) is 10.8. The first kappa shape index (κ1) is 26.6. The van der Waals surface area contributed by atoms with Crippen molar-refractivity contribution in [1.29, 1.82) is 0 Å². The van der Waals surface area contributed by atoms with E-state index in [1.807, 2.05) is 78.9 Å². The SMILES string of the molecule is O=C(NN1C(=O)CSC1c1ccccc1Cl)c1ccc(N2C(=O)/C(=C/c3ccccc3)N=C2c2ccccc2)cc1. The highest BCUT2D eigenvalue weighted by Crippen LogP contribution is 2.40. The molecular formula is C32H23ClN4O3S. The van der Waals surface area contributed by atoms with Crippen molar-refractivity contribution in [3.8, 4) is 0 Å². The third-order valence-corrected chi connectivity index (χ3v) is 8.18. The average molecular weight is 579 g/mol. The van der Waals surface area contributed by atoms with Crippen LogP contribution in [0.1, 0.15) is 32.4 Å². The fourth-order valence-electron chi connectivity index (χ4n) is 4.63. The van der Waals surface area contributed by atoms with Crippen LogP contribution in [0.4, 0.5) is 5.69 Å². The summed E-state index contributed by atoms with van der Waals surface area (Å²) in [5.74, 6) is -0.204. The quantitative estimate of drug-likeness (QED) is 0.281. The minimum atomic E-state index is -0.446. The van der Waals surface area contributed by atoms with Gasteiger partial charge in [0.2, 0.25) is 0 Å². The summed E-state index contributed by atoms with van der Waals surface area (Å²) in [6.45, 7) is 0. The number of nitrogens with one attached hydrogen (secondary N) is 1. The third kappa shape index (κ3) is 5.39. The van der Waals surface area contributed by atoms with E-state index in [0.717, 1.165) is 16.7 Å². The largest absolute Gasteiger partial charge is 0.282 e. The van der Waals surface area contributed by atoms with Gasteiger partial charge in [-0.25, -0.2) is 10.0 Å². The van der Waals surface area contributed by atoms with E-state index in [4.69, 9.17) is 11.6 Å². The second-order valence-electron chi connectivity index (χ2n) is 9.32. The summed E-state index contributed by atoms with van der Waals surface area (Å²) in [6, 6.07) is 32.9. The van der Waals surface area contributed by atoms with Gasteiger partial charge in [-0.05, 0) is 42.0 Å². The molecule has 41 heavy (non-hydrogen) atoms. The zero-order chi connectivity index (χ0) is 28.3. The molecule has 1 atom stereocenters. The molecule has 1 unspecified atom stereocenters. The predicted molar refractivity (Wildman–Crippen MR) is 162 cm³/mol. The van der Waals surface area contributed by atoms with Gasteiger partial charge in [0.05, 0.1) is 11.4 Å². The molecule has 3 amide bonds. The molecule has 0 aromatic heterocycles. The van der Waals surface area contributed by atoms with Gasteiger partial charge in [-0.15, -0.1) is 11.8 Å². The number of halogens is 1. The Kier molecular flexibility index (Phi) is 7.41. The molecule has 4 aromatic rings. The second kappa shape index (κ2) is 11.4. The monoisotopic (exact) mass is 578 g/mol. The van der Waals surface area contributed by atoms with E-state index < -0.39 is 11.3 Å². The van der Waals surface area contributed by atoms with Gasteiger partial charge in [-0.2, -0.15) is 0 Å². The molecule has 1 fully saturated rings.